The largest absolute Gasteiger partial charge is 0.368 e. The lowest BCUT2D eigenvalue weighted by Gasteiger charge is -2.05. The summed E-state index contributed by atoms with van der Waals surface area (Å²) >= 11 is 0. The highest BCUT2D eigenvalue weighted by Crippen LogP contribution is 2.02. The molecule has 0 aromatic heterocycles. The maximum absolute atomic E-state index is 6.79. The van der Waals surface area contributed by atoms with Crippen LogP contribution in [0.3, 0.4) is 0 Å². The summed E-state index contributed by atoms with van der Waals surface area (Å²) in [6, 6.07) is 0. The van der Waals surface area contributed by atoms with Gasteiger partial charge in [-0.3, -0.25) is 0 Å². The molecule has 0 aliphatic rings. The lowest BCUT2D eigenvalue weighted by Crippen LogP contribution is -2.07. The fourth-order valence-corrected chi connectivity index (χ4v) is 0.620. The van der Waals surface area contributed by atoms with E-state index in [1.165, 1.54) is 0 Å². The molecule has 0 aromatic carbocycles. The molecule has 1 atom stereocenters. The smallest absolute Gasteiger partial charge is 0.213 e. The van der Waals surface area contributed by atoms with Crippen molar-refractivity contribution >= 4 is 0 Å². The standard InChI is InChI=1S/C7H16O2/c1-3-4-5-6-7(8)9-2/h7-8H,3-6H2,1-2H3/i2D3,8D. The highest BCUT2D eigenvalue weighted by Gasteiger charge is 1.97. The Kier molecular flexibility index (Phi) is 2.65. The van der Waals surface area contributed by atoms with E-state index in [2.05, 4.69) is 9.85 Å². The zero-order valence-corrected chi connectivity index (χ0v) is 5.72. The first-order chi connectivity index (χ1) is 5.99. The van der Waals surface area contributed by atoms with Crippen LogP contribution in [-0.4, -0.2) is 19.9 Å². The van der Waals surface area contributed by atoms with Gasteiger partial charge >= 0.3 is 0 Å². The number of aliphatic hydroxyl groups excluding tert-OH is 1. The molecule has 1 unspecified atom stereocenters. The Morgan fingerprint density at radius 2 is 2.67 bits per heavy atom. The van der Waals surface area contributed by atoms with Crippen molar-refractivity contribution in [3.05, 3.63) is 0 Å². The summed E-state index contributed by atoms with van der Waals surface area (Å²) in [5.74, 6) is 0. The summed E-state index contributed by atoms with van der Waals surface area (Å²) < 4.78 is 31.5. The molecule has 0 radical (unpaired) electrons. The van der Waals surface area contributed by atoms with Gasteiger partial charge in [-0.15, -0.1) is 0 Å². The van der Waals surface area contributed by atoms with Crippen molar-refractivity contribution in [1.29, 1.82) is 1.43 Å². The van der Waals surface area contributed by atoms with E-state index >= 15 is 0 Å². The van der Waals surface area contributed by atoms with Crippen molar-refractivity contribution in [2.24, 2.45) is 0 Å². The molecule has 0 amide bonds. The summed E-state index contributed by atoms with van der Waals surface area (Å²) in [7, 11) is -2.47. The Hall–Kier alpha value is -0.0800. The first-order valence-electron chi connectivity index (χ1n) is 5.20. The lowest BCUT2D eigenvalue weighted by molar-refractivity contribution is -0.0792. The van der Waals surface area contributed by atoms with Gasteiger partial charge in [-0.25, -0.2) is 0 Å². The second kappa shape index (κ2) is 6.05. The summed E-state index contributed by atoms with van der Waals surface area (Å²) in [5.41, 5.74) is 0. The predicted octanol–water partition coefficient (Wildman–Crippen LogP) is 1.53. The van der Waals surface area contributed by atoms with Crippen LogP contribution in [0.5, 0.6) is 0 Å². The molecule has 56 valence electrons. The van der Waals surface area contributed by atoms with Crippen LogP contribution in [0.4, 0.5) is 0 Å². The topological polar surface area (TPSA) is 29.5 Å². The third kappa shape index (κ3) is 5.80. The van der Waals surface area contributed by atoms with E-state index < -0.39 is 13.3 Å². The Morgan fingerprint density at radius 1 is 1.78 bits per heavy atom. The van der Waals surface area contributed by atoms with Crippen LogP contribution in [0.2, 0.25) is 0 Å². The van der Waals surface area contributed by atoms with Gasteiger partial charge in [-0.2, -0.15) is 0 Å². The van der Waals surface area contributed by atoms with E-state index in [9.17, 15) is 0 Å². The number of hydrogen-bond donors (Lipinski definition) is 1. The molecular weight excluding hydrogens is 116 g/mol. The quantitative estimate of drug-likeness (QED) is 0.443. The fourth-order valence-electron chi connectivity index (χ4n) is 0.620. The summed E-state index contributed by atoms with van der Waals surface area (Å²) in [6.07, 6.45) is 2.37. The van der Waals surface area contributed by atoms with Gasteiger partial charge < -0.3 is 9.85 Å². The molecule has 0 aliphatic heterocycles. The molecule has 9 heavy (non-hydrogen) atoms. The van der Waals surface area contributed by atoms with Gasteiger partial charge in [0.1, 0.15) is 0 Å². The van der Waals surface area contributed by atoms with Crippen LogP contribution in [0.25, 0.3) is 0 Å². The molecule has 0 saturated carbocycles. The second-order valence-electron chi connectivity index (χ2n) is 2.04. The van der Waals surface area contributed by atoms with Gasteiger partial charge in [0.15, 0.2) is 6.29 Å². The van der Waals surface area contributed by atoms with Crippen molar-refractivity contribution in [3.8, 4) is 0 Å². The minimum atomic E-state index is -2.47. The number of hydrogen-bond acceptors (Lipinski definition) is 2. The molecule has 0 spiro atoms. The maximum atomic E-state index is 6.79. The highest BCUT2D eigenvalue weighted by atomic mass is 16.6. The van der Waals surface area contributed by atoms with Crippen LogP contribution >= 0.6 is 0 Å². The van der Waals surface area contributed by atoms with E-state index in [1.807, 2.05) is 6.92 Å². The highest BCUT2D eigenvalue weighted by molar-refractivity contribution is 4.41. The maximum Gasteiger partial charge on any atom is 0.213 e. The molecule has 0 rings (SSSR count). The molecular formula is C7H16O2. The predicted molar refractivity (Wildman–Crippen MR) is 37.2 cm³/mol. The molecule has 0 aromatic rings. The van der Waals surface area contributed by atoms with Crippen molar-refractivity contribution < 1.29 is 14.0 Å². The molecule has 0 saturated heterocycles. The van der Waals surface area contributed by atoms with Crippen molar-refractivity contribution in [3.63, 3.8) is 0 Å². The first-order valence-corrected chi connectivity index (χ1v) is 3.29. The van der Waals surface area contributed by atoms with Gasteiger partial charge in [-0.05, 0) is 12.8 Å². The Bertz CT molecular complexity index is 126. The zero-order chi connectivity index (χ0) is 10.3. The van der Waals surface area contributed by atoms with Crippen LogP contribution in [0.15, 0.2) is 0 Å². The average molecular weight is 136 g/mol. The zero-order valence-electron chi connectivity index (χ0n) is 9.72. The summed E-state index contributed by atoms with van der Waals surface area (Å²) in [4.78, 5) is 0. The van der Waals surface area contributed by atoms with Gasteiger partial charge in [0.2, 0.25) is 1.43 Å². The van der Waals surface area contributed by atoms with Crippen molar-refractivity contribution in [2.75, 3.05) is 7.04 Å². The number of ether oxygens (including phenoxy) is 1. The van der Waals surface area contributed by atoms with Gasteiger partial charge in [0, 0.05) is 7.04 Å². The Labute approximate surface area is 62.5 Å². The summed E-state index contributed by atoms with van der Waals surface area (Å²) in [6.45, 7) is 2.04. The van der Waals surface area contributed by atoms with E-state index in [4.69, 9.17) is 5.54 Å². The minimum absolute atomic E-state index is 0.454. The number of aliphatic hydroxyl groups is 1. The van der Waals surface area contributed by atoms with Crippen molar-refractivity contribution in [2.45, 2.75) is 38.9 Å². The van der Waals surface area contributed by atoms with Crippen molar-refractivity contribution in [1.82, 2.24) is 0 Å². The van der Waals surface area contributed by atoms with Gasteiger partial charge in [-0.1, -0.05) is 19.8 Å². The molecule has 0 heterocycles. The third-order valence-electron chi connectivity index (χ3n) is 1.17. The molecule has 0 aliphatic carbocycles. The monoisotopic (exact) mass is 136 g/mol. The second-order valence-corrected chi connectivity index (χ2v) is 2.04. The van der Waals surface area contributed by atoms with E-state index in [0.29, 0.717) is 6.42 Å². The van der Waals surface area contributed by atoms with E-state index in [0.717, 1.165) is 19.3 Å². The Balaban J connectivity index is 3.63. The molecule has 0 bridgehead atoms. The number of rotatable bonds is 6. The average Bonchev–Trinajstić information content (AvgIpc) is 2.01. The fraction of sp³-hybridized carbons (Fsp3) is 1.00. The molecule has 2 heteroatoms. The molecule has 2 nitrogen and oxygen atoms in total. The first kappa shape index (κ1) is 3.94. The third-order valence-corrected chi connectivity index (χ3v) is 1.17. The van der Waals surface area contributed by atoms with Crippen LogP contribution in [0, 0.1) is 0 Å². The molecule has 1 N–H and O–H groups in total. The lowest BCUT2D eigenvalue weighted by atomic mass is 10.2. The van der Waals surface area contributed by atoms with Gasteiger partial charge in [0.05, 0.1) is 4.11 Å². The number of methoxy groups -OCH3 is 1. The van der Waals surface area contributed by atoms with Crippen LogP contribution in [0.1, 0.15) is 36.7 Å². The van der Waals surface area contributed by atoms with Gasteiger partial charge in [0.25, 0.3) is 0 Å². The summed E-state index contributed by atoms with van der Waals surface area (Å²) in [5, 5.41) is 4.14. The molecule has 0 fully saturated rings. The number of unbranched alkanes of at least 4 members (excludes halogenated alkanes) is 2. The van der Waals surface area contributed by atoms with Crippen LogP contribution in [-0.2, 0) is 4.74 Å². The minimum Gasteiger partial charge on any atom is -0.368 e. The SMILES string of the molecule is [2H]OC(CCCCC)OC([2H])([2H])[2H]. The van der Waals surface area contributed by atoms with E-state index in [-0.39, 0.29) is 0 Å². The Morgan fingerprint density at radius 3 is 3.22 bits per heavy atom. The van der Waals surface area contributed by atoms with Crippen LogP contribution < -0.4 is 0 Å². The normalized spacial score (nSPS) is 21.4. The van der Waals surface area contributed by atoms with E-state index in [1.54, 1.807) is 0 Å².